The number of fused-ring (bicyclic) bond motifs is 1. The molecule has 2 aliphatic rings. The third kappa shape index (κ3) is 13.4. The summed E-state index contributed by atoms with van der Waals surface area (Å²) in [5.41, 5.74) is 4.56. The summed E-state index contributed by atoms with van der Waals surface area (Å²) >= 11 is 7.66. The van der Waals surface area contributed by atoms with Gasteiger partial charge in [-0.3, -0.25) is 19.3 Å². The minimum absolute atomic E-state index is 0.0473. The fraction of sp³-hybridized carbons (Fsp3) is 0.500. The lowest BCUT2D eigenvalue weighted by atomic mass is 9.70. The van der Waals surface area contributed by atoms with Gasteiger partial charge in [-0.25, -0.2) is 0 Å². The Labute approximate surface area is 326 Å². The third-order valence-corrected chi connectivity index (χ3v) is 10.7. The molecular weight excluding hydrogens is 708 g/mol. The van der Waals surface area contributed by atoms with Gasteiger partial charge in [0.1, 0.15) is 5.75 Å². The molecule has 290 valence electrons. The van der Waals surface area contributed by atoms with Crippen LogP contribution in [-0.4, -0.2) is 73.8 Å². The van der Waals surface area contributed by atoms with E-state index in [1.165, 1.54) is 23.1 Å². The normalized spacial score (nSPS) is 18.7. The van der Waals surface area contributed by atoms with Crippen LogP contribution in [0.2, 0.25) is 5.02 Å². The Balaban J connectivity index is 0.000000539. The van der Waals surface area contributed by atoms with Crippen molar-refractivity contribution < 1.29 is 24.2 Å². The van der Waals surface area contributed by atoms with Gasteiger partial charge in [0.15, 0.2) is 0 Å². The maximum atomic E-state index is 11.5. The smallest absolute Gasteiger partial charge is 0.219 e. The molecule has 1 fully saturated rings. The van der Waals surface area contributed by atoms with E-state index in [9.17, 15) is 14.7 Å². The number of hydrogen-bond acceptors (Lipinski definition) is 8. The highest BCUT2D eigenvalue weighted by atomic mass is 35.5. The standard InChI is InChI=1S/C34H47ClN2O4.C6H6N2OS.C2H6/c1-6-9-26-18-29(35)13-15-30(26)28-21-37(32-19-25(23(2)38)12-16-34(32)41-22-28)20-27-11-14-31(27)33(40-5)10-7-8-17-36(4)24(3)39;9-5-8-10-6-1-3-7-4-2-6;1-2/h7,10,12-13,15-16,18-19,23,27-28,31,33,38H,6,8-9,11,14,17,20-22H2,1-5H3;1-5H,(H,8,9);1-2H3/b10-7+;;. The van der Waals surface area contributed by atoms with Crippen LogP contribution < -0.4 is 14.4 Å². The number of nitrogens with zero attached hydrogens (tertiary/aromatic N) is 3. The first-order valence-electron chi connectivity index (χ1n) is 18.8. The summed E-state index contributed by atoms with van der Waals surface area (Å²) in [6.07, 6.45) is 13.0. The molecular formula is C42H59ClN4O5S. The van der Waals surface area contributed by atoms with Gasteiger partial charge in [0.2, 0.25) is 12.3 Å². The summed E-state index contributed by atoms with van der Waals surface area (Å²) in [7, 11) is 3.63. The van der Waals surface area contributed by atoms with Gasteiger partial charge >= 0.3 is 0 Å². The molecule has 1 saturated carbocycles. The summed E-state index contributed by atoms with van der Waals surface area (Å²) in [5, 5.41) is 11.1. The molecule has 2 heterocycles. The van der Waals surface area contributed by atoms with Gasteiger partial charge in [-0.1, -0.05) is 63.1 Å². The minimum Gasteiger partial charge on any atom is -0.491 e. The lowest BCUT2D eigenvalue weighted by Gasteiger charge is -2.43. The van der Waals surface area contributed by atoms with Crippen LogP contribution in [0, 0.1) is 11.8 Å². The van der Waals surface area contributed by atoms with E-state index in [-0.39, 0.29) is 17.9 Å². The zero-order valence-corrected chi connectivity index (χ0v) is 34.0. The maximum absolute atomic E-state index is 11.5. The number of methoxy groups -OCH3 is 1. The van der Waals surface area contributed by atoms with Gasteiger partial charge in [-0.15, -0.1) is 0 Å². The number of carbonyl (C=O) groups excluding carboxylic acids is 2. The molecule has 0 bridgehead atoms. The fourth-order valence-electron chi connectivity index (χ4n) is 6.68. The van der Waals surface area contributed by atoms with Gasteiger partial charge < -0.3 is 24.4 Å². The summed E-state index contributed by atoms with van der Waals surface area (Å²) in [4.78, 5) is 30.4. The van der Waals surface area contributed by atoms with E-state index < -0.39 is 6.10 Å². The number of rotatable bonds is 15. The summed E-state index contributed by atoms with van der Waals surface area (Å²) in [6.45, 7) is 12.6. The molecule has 53 heavy (non-hydrogen) atoms. The number of aliphatic hydroxyl groups is 1. The van der Waals surface area contributed by atoms with Crippen LogP contribution in [0.1, 0.15) is 89.0 Å². The first-order chi connectivity index (χ1) is 25.6. The molecule has 5 atom stereocenters. The third-order valence-electron chi connectivity index (χ3n) is 9.75. The molecule has 2 N–H and O–H groups in total. The van der Waals surface area contributed by atoms with E-state index >= 15 is 0 Å². The molecule has 11 heteroatoms. The summed E-state index contributed by atoms with van der Waals surface area (Å²) < 4.78 is 14.9. The number of aliphatic hydroxyl groups excluding tert-OH is 1. The predicted molar refractivity (Wildman–Crippen MR) is 218 cm³/mol. The van der Waals surface area contributed by atoms with Crippen molar-refractivity contribution >= 4 is 41.6 Å². The van der Waals surface area contributed by atoms with Gasteiger partial charge in [-0.05, 0) is 109 Å². The van der Waals surface area contributed by atoms with E-state index in [0.717, 1.165) is 72.1 Å². The van der Waals surface area contributed by atoms with Crippen molar-refractivity contribution in [2.24, 2.45) is 11.8 Å². The number of benzene rings is 2. The highest BCUT2D eigenvalue weighted by Gasteiger charge is 2.38. The van der Waals surface area contributed by atoms with Crippen molar-refractivity contribution in [1.29, 1.82) is 0 Å². The first-order valence-corrected chi connectivity index (χ1v) is 20.0. The monoisotopic (exact) mass is 766 g/mol. The SMILES string of the molecule is CC.CCCc1cc(Cl)ccc1C1COc2ccc(C(C)O)cc2N(CC2CCC2C(/C=C/CCN(C)C(C)=O)OC)C1.O=CNSc1ccncc1. The minimum atomic E-state index is -0.546. The molecule has 2 aromatic carbocycles. The Kier molecular flexibility index (Phi) is 19.2. The van der Waals surface area contributed by atoms with Crippen LogP contribution in [0.3, 0.4) is 0 Å². The number of hydrogen-bond donors (Lipinski definition) is 2. The lowest BCUT2D eigenvalue weighted by molar-refractivity contribution is -0.127. The molecule has 0 saturated heterocycles. The molecule has 1 aromatic heterocycles. The largest absolute Gasteiger partial charge is 0.491 e. The van der Waals surface area contributed by atoms with E-state index in [4.69, 9.17) is 21.1 Å². The van der Waals surface area contributed by atoms with Gasteiger partial charge in [0, 0.05) is 68.9 Å². The Bertz CT molecular complexity index is 1580. The lowest BCUT2D eigenvalue weighted by Crippen LogP contribution is -2.44. The van der Waals surface area contributed by atoms with Crippen LogP contribution in [0.5, 0.6) is 5.75 Å². The van der Waals surface area contributed by atoms with E-state index in [2.05, 4.69) is 51.9 Å². The molecule has 5 rings (SSSR count). The number of carbonyl (C=O) groups is 2. The number of ether oxygens (including phenoxy) is 2. The molecule has 3 aromatic rings. The van der Waals surface area contributed by atoms with Crippen LogP contribution in [0.25, 0.3) is 0 Å². The number of pyridine rings is 1. The van der Waals surface area contributed by atoms with E-state index in [0.29, 0.717) is 31.4 Å². The molecule has 5 unspecified atom stereocenters. The van der Waals surface area contributed by atoms with Crippen molar-refractivity contribution in [2.75, 3.05) is 45.3 Å². The van der Waals surface area contributed by atoms with Crippen molar-refractivity contribution in [1.82, 2.24) is 14.6 Å². The molecule has 9 nitrogen and oxygen atoms in total. The fourth-order valence-corrected chi connectivity index (χ4v) is 7.31. The highest BCUT2D eigenvalue weighted by molar-refractivity contribution is 7.97. The topological polar surface area (TPSA) is 104 Å². The number of amides is 2. The van der Waals surface area contributed by atoms with Gasteiger partial charge in [0.25, 0.3) is 0 Å². The second-order valence-corrected chi connectivity index (χ2v) is 14.6. The average molecular weight is 767 g/mol. The maximum Gasteiger partial charge on any atom is 0.219 e. The van der Waals surface area contributed by atoms with Crippen LogP contribution in [0.4, 0.5) is 5.69 Å². The Morgan fingerprint density at radius 1 is 1.19 bits per heavy atom. The second kappa shape index (κ2) is 23.3. The van der Waals surface area contributed by atoms with Crippen molar-refractivity contribution in [3.8, 4) is 5.75 Å². The predicted octanol–water partition coefficient (Wildman–Crippen LogP) is 8.66. The molecule has 0 spiro atoms. The van der Waals surface area contributed by atoms with Crippen LogP contribution in [-0.2, 0) is 20.7 Å². The van der Waals surface area contributed by atoms with Crippen molar-refractivity contribution in [3.63, 3.8) is 0 Å². The van der Waals surface area contributed by atoms with Crippen LogP contribution in [0.15, 0.2) is 78.0 Å². The summed E-state index contributed by atoms with van der Waals surface area (Å²) in [5.74, 6) is 2.06. The number of aromatic nitrogens is 1. The zero-order chi connectivity index (χ0) is 38.8. The van der Waals surface area contributed by atoms with E-state index in [1.807, 2.05) is 58.2 Å². The number of aryl methyl sites for hydroxylation is 1. The first kappa shape index (κ1) is 43.8. The highest BCUT2D eigenvalue weighted by Crippen LogP contribution is 2.43. The van der Waals surface area contributed by atoms with E-state index in [1.54, 1.807) is 31.3 Å². The molecule has 2 amide bonds. The van der Waals surface area contributed by atoms with Gasteiger partial charge in [-0.2, -0.15) is 0 Å². The quantitative estimate of drug-likeness (QED) is 0.0901. The van der Waals surface area contributed by atoms with Gasteiger partial charge in [0.05, 0.1) is 24.5 Å². The molecule has 0 radical (unpaired) electrons. The molecule has 1 aliphatic carbocycles. The Morgan fingerprint density at radius 2 is 1.94 bits per heavy atom. The average Bonchev–Trinajstić information content (AvgIpc) is 3.34. The Morgan fingerprint density at radius 3 is 2.57 bits per heavy atom. The number of anilines is 1. The Hall–Kier alpha value is -3.57. The van der Waals surface area contributed by atoms with Crippen LogP contribution >= 0.6 is 23.5 Å². The zero-order valence-electron chi connectivity index (χ0n) is 32.5. The molecule has 1 aliphatic heterocycles. The second-order valence-electron chi connectivity index (χ2n) is 13.3. The summed E-state index contributed by atoms with van der Waals surface area (Å²) in [6, 6.07) is 16.0. The number of nitrogens with one attached hydrogen (secondary N) is 1. The number of halogens is 1. The van der Waals surface area contributed by atoms with Crippen molar-refractivity contribution in [3.05, 3.63) is 94.8 Å². The van der Waals surface area contributed by atoms with Crippen molar-refractivity contribution in [2.45, 2.75) is 89.7 Å².